The zero-order valence-corrected chi connectivity index (χ0v) is 16.3. The van der Waals surface area contributed by atoms with Crippen molar-refractivity contribution in [2.75, 3.05) is 0 Å². The molecule has 0 aliphatic heterocycles. The van der Waals surface area contributed by atoms with Crippen LogP contribution in [0.4, 0.5) is 0 Å². The van der Waals surface area contributed by atoms with Crippen molar-refractivity contribution < 1.29 is 9.94 Å². The number of aryl methyl sites for hydroxylation is 1. The van der Waals surface area contributed by atoms with Crippen LogP contribution < -0.4 is 10.2 Å². The summed E-state index contributed by atoms with van der Waals surface area (Å²) in [6, 6.07) is 13.5. The minimum atomic E-state index is 0.334. The number of aliphatic imine (C=N–C) groups is 1. The Kier molecular flexibility index (Phi) is 6.34. The van der Waals surface area contributed by atoms with E-state index in [2.05, 4.69) is 40.4 Å². The van der Waals surface area contributed by atoms with Crippen LogP contribution in [0, 0.1) is 6.92 Å². The van der Waals surface area contributed by atoms with Gasteiger partial charge in [0, 0.05) is 30.2 Å². The number of nitrogens with zero attached hydrogens (tertiary/aromatic N) is 3. The Balaban J connectivity index is 1.73. The highest BCUT2D eigenvalue weighted by atomic mass is 16.5. The Bertz CT molecular complexity index is 939. The van der Waals surface area contributed by atoms with E-state index in [1.165, 1.54) is 5.56 Å². The first kappa shape index (κ1) is 19.5. The van der Waals surface area contributed by atoms with Crippen molar-refractivity contribution >= 4 is 5.84 Å². The smallest absolute Gasteiger partial charge is 0.219 e. The Labute approximate surface area is 164 Å². The van der Waals surface area contributed by atoms with Gasteiger partial charge in [0.05, 0.1) is 6.54 Å². The lowest BCUT2D eigenvalue weighted by Crippen LogP contribution is -2.20. The molecule has 0 amide bonds. The Morgan fingerprint density at radius 2 is 2.04 bits per heavy atom. The molecule has 3 aromatic rings. The molecule has 0 atom stereocenters. The van der Waals surface area contributed by atoms with Crippen molar-refractivity contribution in [1.82, 2.24) is 15.4 Å². The third-order valence-corrected chi connectivity index (χ3v) is 4.22. The van der Waals surface area contributed by atoms with E-state index < -0.39 is 0 Å². The fourth-order valence-electron chi connectivity index (χ4n) is 2.72. The lowest BCUT2D eigenvalue weighted by atomic mass is 10.0. The van der Waals surface area contributed by atoms with E-state index in [-0.39, 0.29) is 0 Å². The predicted molar refractivity (Wildman–Crippen MR) is 109 cm³/mol. The third kappa shape index (κ3) is 5.14. The second-order valence-electron chi connectivity index (χ2n) is 6.86. The number of nitrogens with one attached hydrogen (secondary N) is 1. The monoisotopic (exact) mass is 376 g/mol. The van der Waals surface area contributed by atoms with Gasteiger partial charge in [0.15, 0.2) is 5.84 Å². The largest absolute Gasteiger partial charge is 0.439 e. The molecular formula is C22H24N4O2. The quantitative estimate of drug-likeness (QED) is 0.373. The van der Waals surface area contributed by atoms with Gasteiger partial charge in [-0.1, -0.05) is 26.0 Å². The van der Waals surface area contributed by atoms with Gasteiger partial charge < -0.3 is 4.74 Å². The summed E-state index contributed by atoms with van der Waals surface area (Å²) in [5, 5.41) is 9.42. The second-order valence-corrected chi connectivity index (χ2v) is 6.86. The van der Waals surface area contributed by atoms with Gasteiger partial charge in [-0.2, -0.15) is 0 Å². The van der Waals surface area contributed by atoms with Crippen molar-refractivity contribution in [3.8, 4) is 11.6 Å². The number of rotatable bonds is 6. The molecule has 0 fully saturated rings. The van der Waals surface area contributed by atoms with E-state index in [0.29, 0.717) is 29.7 Å². The van der Waals surface area contributed by atoms with Crippen LogP contribution >= 0.6 is 0 Å². The van der Waals surface area contributed by atoms with Crippen LogP contribution in [0.15, 0.2) is 66.0 Å². The molecule has 0 aliphatic rings. The molecule has 144 valence electrons. The van der Waals surface area contributed by atoms with Gasteiger partial charge >= 0.3 is 0 Å². The van der Waals surface area contributed by atoms with Gasteiger partial charge in [-0.15, -0.1) is 0 Å². The molecular weight excluding hydrogens is 352 g/mol. The number of ether oxygens (including phenoxy) is 1. The number of pyridine rings is 2. The summed E-state index contributed by atoms with van der Waals surface area (Å²) in [5.41, 5.74) is 6.11. The first-order valence-electron chi connectivity index (χ1n) is 9.14. The number of amidine groups is 1. The lowest BCUT2D eigenvalue weighted by molar-refractivity contribution is 0.234. The summed E-state index contributed by atoms with van der Waals surface area (Å²) < 4.78 is 5.91. The molecule has 0 saturated heterocycles. The zero-order chi connectivity index (χ0) is 19.9. The van der Waals surface area contributed by atoms with Crippen LogP contribution in [0.25, 0.3) is 0 Å². The maximum absolute atomic E-state index is 9.42. The van der Waals surface area contributed by atoms with E-state index in [0.717, 1.165) is 16.9 Å². The normalized spacial score (nSPS) is 11.5. The van der Waals surface area contributed by atoms with Gasteiger partial charge in [-0.3, -0.25) is 20.7 Å². The van der Waals surface area contributed by atoms with Gasteiger partial charge in [0.2, 0.25) is 5.88 Å². The minimum Gasteiger partial charge on any atom is -0.439 e. The molecule has 0 aliphatic carbocycles. The Morgan fingerprint density at radius 3 is 2.68 bits per heavy atom. The summed E-state index contributed by atoms with van der Waals surface area (Å²) >= 11 is 0. The van der Waals surface area contributed by atoms with Crippen LogP contribution in [0.2, 0.25) is 0 Å². The van der Waals surface area contributed by atoms with Crippen molar-refractivity contribution in [3.63, 3.8) is 0 Å². The summed E-state index contributed by atoms with van der Waals surface area (Å²) in [7, 11) is 0. The number of hydrogen-bond donors (Lipinski definition) is 2. The molecule has 0 unspecified atom stereocenters. The topological polar surface area (TPSA) is 79.6 Å². The van der Waals surface area contributed by atoms with Crippen molar-refractivity contribution in [1.29, 1.82) is 0 Å². The van der Waals surface area contributed by atoms with Gasteiger partial charge in [-0.05, 0) is 53.8 Å². The molecule has 6 nitrogen and oxygen atoms in total. The first-order valence-corrected chi connectivity index (χ1v) is 9.14. The second kappa shape index (κ2) is 9.10. The van der Waals surface area contributed by atoms with E-state index >= 15 is 0 Å². The molecule has 2 heterocycles. The fraction of sp³-hybridized carbons (Fsp3) is 0.227. The van der Waals surface area contributed by atoms with Crippen LogP contribution in [-0.4, -0.2) is 21.0 Å². The first-order chi connectivity index (χ1) is 13.5. The average molecular weight is 376 g/mol. The van der Waals surface area contributed by atoms with Crippen molar-refractivity contribution in [2.24, 2.45) is 4.99 Å². The predicted octanol–water partition coefficient (Wildman–Crippen LogP) is 4.63. The zero-order valence-electron chi connectivity index (χ0n) is 16.3. The Hall–Kier alpha value is -3.25. The molecule has 0 radical (unpaired) electrons. The third-order valence-electron chi connectivity index (χ3n) is 4.22. The van der Waals surface area contributed by atoms with Gasteiger partial charge in [-0.25, -0.2) is 4.98 Å². The lowest BCUT2D eigenvalue weighted by Gasteiger charge is -2.11. The van der Waals surface area contributed by atoms with Crippen LogP contribution in [0.3, 0.4) is 0 Å². The van der Waals surface area contributed by atoms with Crippen molar-refractivity contribution in [3.05, 3.63) is 83.3 Å². The summed E-state index contributed by atoms with van der Waals surface area (Å²) in [5.74, 6) is 2.00. The van der Waals surface area contributed by atoms with Crippen LogP contribution in [0.1, 0.15) is 42.0 Å². The van der Waals surface area contributed by atoms with Crippen molar-refractivity contribution in [2.45, 2.75) is 33.2 Å². The van der Waals surface area contributed by atoms with Crippen LogP contribution in [0.5, 0.6) is 11.6 Å². The highest BCUT2D eigenvalue weighted by Gasteiger charge is 2.07. The molecule has 0 saturated carbocycles. The molecule has 0 bridgehead atoms. The number of hydrogen-bond acceptors (Lipinski definition) is 5. The van der Waals surface area contributed by atoms with Gasteiger partial charge in [0.1, 0.15) is 5.75 Å². The molecule has 6 heteroatoms. The SMILES string of the molecule is Cc1cc(Oc2ccc(C(=NCc3cccnc3)NO)cn2)cc(C(C)C)c1. The molecule has 0 spiro atoms. The van der Waals surface area contributed by atoms with E-state index in [1.807, 2.05) is 31.2 Å². The summed E-state index contributed by atoms with van der Waals surface area (Å²) in [6.45, 7) is 6.75. The average Bonchev–Trinajstić information content (AvgIpc) is 2.70. The summed E-state index contributed by atoms with van der Waals surface area (Å²) in [4.78, 5) is 12.8. The standard InChI is InChI=1S/C22H24N4O2/c1-15(2)19-9-16(3)10-20(11-19)28-21-7-6-18(14-24-21)22(26-27)25-13-17-5-4-8-23-12-17/h4-12,14-15,27H,13H2,1-3H3,(H,25,26). The molecule has 2 aromatic heterocycles. The fourth-order valence-corrected chi connectivity index (χ4v) is 2.72. The number of aromatic nitrogens is 2. The minimum absolute atomic E-state index is 0.334. The number of hydroxylamine groups is 1. The maximum Gasteiger partial charge on any atom is 0.219 e. The van der Waals surface area contributed by atoms with E-state index in [9.17, 15) is 5.21 Å². The number of benzene rings is 1. The maximum atomic E-state index is 9.42. The highest BCUT2D eigenvalue weighted by Crippen LogP contribution is 2.26. The molecule has 3 rings (SSSR count). The molecule has 1 aromatic carbocycles. The summed E-state index contributed by atoms with van der Waals surface area (Å²) in [6.07, 6.45) is 5.06. The van der Waals surface area contributed by atoms with Gasteiger partial charge in [0.25, 0.3) is 0 Å². The molecule has 28 heavy (non-hydrogen) atoms. The van der Waals surface area contributed by atoms with E-state index in [4.69, 9.17) is 4.74 Å². The highest BCUT2D eigenvalue weighted by molar-refractivity contribution is 5.97. The van der Waals surface area contributed by atoms with Crippen LogP contribution in [-0.2, 0) is 6.54 Å². The Morgan fingerprint density at radius 1 is 1.18 bits per heavy atom. The molecule has 2 N–H and O–H groups in total. The van der Waals surface area contributed by atoms with E-state index in [1.54, 1.807) is 30.7 Å².